The fourth-order valence-corrected chi connectivity index (χ4v) is 3.59. The summed E-state index contributed by atoms with van der Waals surface area (Å²) >= 11 is 0. The van der Waals surface area contributed by atoms with Crippen LogP contribution >= 0.6 is 0 Å². The van der Waals surface area contributed by atoms with Gasteiger partial charge in [0.2, 0.25) is 5.91 Å². The number of urea groups is 1. The number of carboxylic acid groups (broad SMARTS) is 1. The van der Waals surface area contributed by atoms with E-state index in [0.29, 0.717) is 18.9 Å². The third kappa shape index (κ3) is 3.70. The number of rotatable bonds is 2. The Bertz CT molecular complexity index is 811. The predicted molar refractivity (Wildman–Crippen MR) is 97.3 cm³/mol. The molecule has 4 N–H and O–H groups in total. The molecule has 0 bridgehead atoms. The van der Waals surface area contributed by atoms with Crippen LogP contribution < -0.4 is 15.5 Å². The zero-order valence-corrected chi connectivity index (χ0v) is 14.3. The van der Waals surface area contributed by atoms with E-state index >= 15 is 0 Å². The number of nitrogens with one attached hydrogen (secondary N) is 3. The van der Waals surface area contributed by atoms with Crippen molar-refractivity contribution in [1.29, 1.82) is 0 Å². The number of hydrogen-bond donors (Lipinski definition) is 4. The van der Waals surface area contributed by atoms with Gasteiger partial charge in [0.1, 0.15) is 0 Å². The van der Waals surface area contributed by atoms with Crippen LogP contribution in [0.5, 0.6) is 0 Å². The third-order valence-corrected chi connectivity index (χ3v) is 4.84. The largest absolute Gasteiger partial charge is 0.483 e. The Balaban J connectivity index is 0.000000613. The normalized spacial score (nSPS) is 18.2. The number of amides is 3. The number of H-pyrrole nitrogens is 1. The number of anilines is 1. The lowest BCUT2D eigenvalue weighted by molar-refractivity contribution is -0.123. The molecule has 2 aliphatic heterocycles. The van der Waals surface area contributed by atoms with Crippen LogP contribution in [-0.4, -0.2) is 48.1 Å². The smallest absolute Gasteiger partial charge is 0.328 e. The van der Waals surface area contributed by atoms with Gasteiger partial charge in [-0.25, -0.2) is 4.79 Å². The molecule has 26 heavy (non-hydrogen) atoms. The van der Waals surface area contributed by atoms with E-state index in [0.717, 1.165) is 37.1 Å². The van der Waals surface area contributed by atoms with E-state index in [2.05, 4.69) is 27.9 Å². The summed E-state index contributed by atoms with van der Waals surface area (Å²) in [4.78, 5) is 36.6. The van der Waals surface area contributed by atoms with Crippen LogP contribution in [-0.2, 0) is 9.59 Å². The maximum atomic E-state index is 12.0. The number of benzene rings is 1. The van der Waals surface area contributed by atoms with Gasteiger partial charge in [-0.15, -0.1) is 0 Å². The van der Waals surface area contributed by atoms with Crippen molar-refractivity contribution in [2.24, 2.45) is 0 Å². The maximum Gasteiger partial charge on any atom is 0.328 e. The first-order valence-electron chi connectivity index (χ1n) is 8.65. The van der Waals surface area contributed by atoms with Gasteiger partial charge >= 0.3 is 6.03 Å². The molecular formula is C18H22N4O4. The molecular weight excluding hydrogens is 336 g/mol. The van der Waals surface area contributed by atoms with Gasteiger partial charge in [-0.2, -0.15) is 0 Å². The summed E-state index contributed by atoms with van der Waals surface area (Å²) in [5.74, 6) is 0.382. The van der Waals surface area contributed by atoms with E-state index < -0.39 is 0 Å². The highest BCUT2D eigenvalue weighted by Gasteiger charge is 2.25. The van der Waals surface area contributed by atoms with Crippen molar-refractivity contribution in [2.45, 2.75) is 25.2 Å². The van der Waals surface area contributed by atoms with Crippen molar-refractivity contribution in [1.82, 2.24) is 15.6 Å². The van der Waals surface area contributed by atoms with Gasteiger partial charge in [0.25, 0.3) is 6.47 Å². The lowest BCUT2D eigenvalue weighted by Crippen LogP contribution is -2.49. The van der Waals surface area contributed by atoms with Crippen LogP contribution in [0.2, 0.25) is 0 Å². The zero-order valence-electron chi connectivity index (χ0n) is 14.3. The van der Waals surface area contributed by atoms with Crippen LogP contribution in [0.3, 0.4) is 0 Å². The standard InChI is InChI=1S/C17H20N4O2.CH2O2/c22-16-5-8-21(17(23)20-16)12-1-2-13-14(10-19-15(13)9-12)11-3-6-18-7-4-11;2-1-3/h1-2,9-11,18-19H,3-8H2,(H,20,22,23);1H,(H,2,3). The average molecular weight is 358 g/mol. The molecule has 3 heterocycles. The SMILES string of the molecule is O=C1CCN(c2ccc3c(C4CCNCC4)c[nH]c3c2)C(=O)N1.O=CO. The summed E-state index contributed by atoms with van der Waals surface area (Å²) in [5.41, 5.74) is 3.23. The van der Waals surface area contributed by atoms with E-state index in [4.69, 9.17) is 9.90 Å². The Morgan fingerprint density at radius 3 is 2.62 bits per heavy atom. The summed E-state index contributed by atoms with van der Waals surface area (Å²) < 4.78 is 0. The summed E-state index contributed by atoms with van der Waals surface area (Å²) in [6.45, 7) is 2.31. The van der Waals surface area contributed by atoms with Gasteiger partial charge in [-0.3, -0.25) is 19.8 Å². The molecule has 1 aromatic carbocycles. The number of imide groups is 1. The highest BCUT2D eigenvalue weighted by atomic mass is 16.3. The fraction of sp³-hybridized carbons (Fsp3) is 0.389. The van der Waals surface area contributed by atoms with Crippen molar-refractivity contribution in [2.75, 3.05) is 24.5 Å². The minimum absolute atomic E-state index is 0.208. The molecule has 2 saturated heterocycles. The minimum atomic E-state index is -0.342. The topological polar surface area (TPSA) is 115 Å². The molecule has 3 amide bonds. The van der Waals surface area contributed by atoms with Crippen molar-refractivity contribution < 1.29 is 19.5 Å². The Labute approximate surface area is 150 Å². The van der Waals surface area contributed by atoms with Crippen molar-refractivity contribution in [3.63, 3.8) is 0 Å². The molecule has 0 radical (unpaired) electrons. The number of aromatic nitrogens is 1. The molecule has 2 aromatic rings. The van der Waals surface area contributed by atoms with Gasteiger partial charge in [0.15, 0.2) is 0 Å². The molecule has 4 rings (SSSR count). The lowest BCUT2D eigenvalue weighted by Gasteiger charge is -2.26. The van der Waals surface area contributed by atoms with Crippen LogP contribution in [0.4, 0.5) is 10.5 Å². The molecule has 0 spiro atoms. The molecule has 0 atom stereocenters. The van der Waals surface area contributed by atoms with Gasteiger partial charge < -0.3 is 15.4 Å². The number of fused-ring (bicyclic) bond motifs is 1. The van der Waals surface area contributed by atoms with E-state index in [1.807, 2.05) is 12.1 Å². The van der Waals surface area contributed by atoms with Gasteiger partial charge in [0, 0.05) is 35.8 Å². The molecule has 1 aromatic heterocycles. The van der Waals surface area contributed by atoms with Gasteiger partial charge in [-0.1, -0.05) is 6.07 Å². The fourth-order valence-electron chi connectivity index (χ4n) is 3.59. The van der Waals surface area contributed by atoms with Gasteiger partial charge in [-0.05, 0) is 49.5 Å². The van der Waals surface area contributed by atoms with Crippen molar-refractivity contribution >= 4 is 35.0 Å². The Hall–Kier alpha value is -2.87. The molecule has 0 saturated carbocycles. The van der Waals surface area contributed by atoms with E-state index in [9.17, 15) is 9.59 Å². The second kappa shape index (κ2) is 8.01. The van der Waals surface area contributed by atoms with Crippen LogP contribution in [0.25, 0.3) is 10.9 Å². The second-order valence-corrected chi connectivity index (χ2v) is 6.36. The third-order valence-electron chi connectivity index (χ3n) is 4.84. The van der Waals surface area contributed by atoms with Crippen LogP contribution in [0.15, 0.2) is 24.4 Å². The van der Waals surface area contributed by atoms with Crippen LogP contribution in [0, 0.1) is 0 Å². The Morgan fingerprint density at radius 2 is 1.92 bits per heavy atom. The summed E-state index contributed by atoms with van der Waals surface area (Å²) in [6, 6.07) is 5.71. The number of aromatic amines is 1. The van der Waals surface area contributed by atoms with Crippen molar-refractivity contribution in [3.8, 4) is 0 Å². The summed E-state index contributed by atoms with van der Waals surface area (Å²) in [6.07, 6.45) is 4.76. The molecule has 138 valence electrons. The number of nitrogens with zero attached hydrogens (tertiary/aromatic N) is 1. The highest BCUT2D eigenvalue weighted by molar-refractivity contribution is 6.06. The zero-order chi connectivity index (χ0) is 18.5. The minimum Gasteiger partial charge on any atom is -0.483 e. The number of hydrogen-bond acceptors (Lipinski definition) is 4. The first kappa shape index (κ1) is 17.9. The van der Waals surface area contributed by atoms with E-state index in [-0.39, 0.29) is 18.4 Å². The molecule has 2 fully saturated rings. The molecule has 0 unspecified atom stereocenters. The first-order chi connectivity index (χ1) is 12.6. The Kier molecular flexibility index (Phi) is 5.52. The molecule has 8 nitrogen and oxygen atoms in total. The van der Waals surface area contributed by atoms with Gasteiger partial charge in [0.05, 0.1) is 0 Å². The van der Waals surface area contributed by atoms with E-state index in [1.165, 1.54) is 10.9 Å². The molecule has 8 heteroatoms. The lowest BCUT2D eigenvalue weighted by atomic mass is 9.90. The average Bonchev–Trinajstić information content (AvgIpc) is 3.06. The summed E-state index contributed by atoms with van der Waals surface area (Å²) in [7, 11) is 0. The second-order valence-electron chi connectivity index (χ2n) is 6.36. The Morgan fingerprint density at radius 1 is 1.19 bits per heavy atom. The number of carbonyl (C=O) groups excluding carboxylic acids is 2. The number of piperidine rings is 1. The summed E-state index contributed by atoms with van der Waals surface area (Å²) in [5, 5.41) is 13.9. The van der Waals surface area contributed by atoms with E-state index in [1.54, 1.807) is 4.90 Å². The van der Waals surface area contributed by atoms with Crippen molar-refractivity contribution in [3.05, 3.63) is 30.0 Å². The highest BCUT2D eigenvalue weighted by Crippen LogP contribution is 2.33. The maximum absolute atomic E-state index is 12.0. The quantitative estimate of drug-likeness (QED) is 0.611. The molecule has 0 aliphatic carbocycles. The number of carbonyl (C=O) groups is 3. The van der Waals surface area contributed by atoms with Crippen LogP contribution in [0.1, 0.15) is 30.7 Å². The monoisotopic (exact) mass is 358 g/mol. The molecule has 2 aliphatic rings. The predicted octanol–water partition coefficient (Wildman–Crippen LogP) is 1.78. The first-order valence-corrected chi connectivity index (χ1v) is 8.65.